The van der Waals surface area contributed by atoms with E-state index in [4.69, 9.17) is 0 Å². The molecule has 0 saturated heterocycles. The van der Waals surface area contributed by atoms with Crippen molar-refractivity contribution in [2.75, 3.05) is 7.05 Å². The highest BCUT2D eigenvalue weighted by Gasteiger charge is 2.17. The molecule has 0 spiro atoms. The predicted octanol–water partition coefficient (Wildman–Crippen LogP) is 2.51. The van der Waals surface area contributed by atoms with E-state index >= 15 is 0 Å². The molecule has 1 aliphatic rings. The van der Waals surface area contributed by atoms with Crippen LogP contribution in [0.3, 0.4) is 0 Å². The maximum Gasteiger partial charge on any atom is 0.191 e. The van der Waals surface area contributed by atoms with Gasteiger partial charge in [-0.1, -0.05) is 18.2 Å². The molecule has 0 bridgehead atoms. The minimum absolute atomic E-state index is 0. The third-order valence-corrected chi connectivity index (χ3v) is 5.00. The van der Waals surface area contributed by atoms with Gasteiger partial charge in [-0.3, -0.25) is 4.99 Å². The molecule has 8 nitrogen and oxygen atoms in total. The van der Waals surface area contributed by atoms with Gasteiger partial charge in [0.2, 0.25) is 0 Å². The molecule has 9 heteroatoms. The van der Waals surface area contributed by atoms with Gasteiger partial charge in [-0.25, -0.2) is 4.68 Å². The Morgan fingerprint density at radius 2 is 1.93 bits per heavy atom. The van der Waals surface area contributed by atoms with Crippen molar-refractivity contribution in [3.05, 3.63) is 58.9 Å². The lowest BCUT2D eigenvalue weighted by atomic mass is 10.1. The smallest absolute Gasteiger partial charge is 0.191 e. The zero-order valence-corrected chi connectivity index (χ0v) is 19.3. The number of aryl methyl sites for hydroxylation is 3. The standard InChI is InChI=1S/C20H26N8.HI/c1-14-11-15(2)28(26-14)17-8-5-4-7-16(17)12-22-20(21-3)23-13-19-25-24-18-9-6-10-27(18)19;/h4-5,7-8,11H,6,9-10,12-13H2,1-3H3,(H2,21,22,23);1H. The van der Waals surface area contributed by atoms with E-state index in [1.165, 1.54) is 0 Å². The van der Waals surface area contributed by atoms with Crippen LogP contribution in [0.15, 0.2) is 35.3 Å². The van der Waals surface area contributed by atoms with Crippen molar-refractivity contribution >= 4 is 29.9 Å². The number of para-hydroxylation sites is 1. The number of halogens is 1. The van der Waals surface area contributed by atoms with Gasteiger partial charge in [0, 0.05) is 32.3 Å². The Hall–Kier alpha value is -2.43. The van der Waals surface area contributed by atoms with Gasteiger partial charge in [0.1, 0.15) is 5.82 Å². The number of nitrogens with one attached hydrogen (secondary N) is 2. The first kappa shape index (κ1) is 21.3. The van der Waals surface area contributed by atoms with E-state index in [-0.39, 0.29) is 24.0 Å². The zero-order valence-electron chi connectivity index (χ0n) is 17.0. The Bertz CT molecular complexity index is 1000. The average molecular weight is 506 g/mol. The first-order valence-corrected chi connectivity index (χ1v) is 9.62. The Kier molecular flexibility index (Phi) is 6.88. The summed E-state index contributed by atoms with van der Waals surface area (Å²) in [6.45, 7) is 6.33. The summed E-state index contributed by atoms with van der Waals surface area (Å²) in [4.78, 5) is 4.33. The molecule has 0 atom stereocenters. The van der Waals surface area contributed by atoms with E-state index in [2.05, 4.69) is 60.6 Å². The zero-order chi connectivity index (χ0) is 19.5. The number of hydrogen-bond acceptors (Lipinski definition) is 4. The summed E-state index contributed by atoms with van der Waals surface area (Å²) in [7, 11) is 1.77. The number of fused-ring (bicyclic) bond motifs is 1. The molecule has 29 heavy (non-hydrogen) atoms. The molecule has 0 saturated carbocycles. The normalized spacial score (nSPS) is 13.1. The Morgan fingerprint density at radius 1 is 1.14 bits per heavy atom. The number of guanidine groups is 1. The molecule has 3 aromatic rings. The van der Waals surface area contributed by atoms with Crippen LogP contribution in [-0.4, -0.2) is 37.6 Å². The molecule has 0 amide bonds. The average Bonchev–Trinajstić information content (AvgIpc) is 3.39. The number of rotatable bonds is 5. The maximum absolute atomic E-state index is 4.62. The largest absolute Gasteiger partial charge is 0.352 e. The Labute approximate surface area is 187 Å². The van der Waals surface area contributed by atoms with Gasteiger partial charge in [-0.2, -0.15) is 5.10 Å². The molecule has 3 heterocycles. The van der Waals surface area contributed by atoms with E-state index in [9.17, 15) is 0 Å². The fourth-order valence-corrected chi connectivity index (χ4v) is 3.64. The van der Waals surface area contributed by atoms with Crippen LogP contribution in [0.1, 0.15) is 35.0 Å². The van der Waals surface area contributed by atoms with E-state index in [0.29, 0.717) is 13.1 Å². The van der Waals surface area contributed by atoms with Gasteiger partial charge < -0.3 is 15.2 Å². The molecule has 154 valence electrons. The van der Waals surface area contributed by atoms with Crippen molar-refractivity contribution in [2.45, 2.75) is 46.3 Å². The Balaban J connectivity index is 0.00000240. The third kappa shape index (κ3) is 4.60. The van der Waals surface area contributed by atoms with E-state index < -0.39 is 0 Å². The summed E-state index contributed by atoms with van der Waals surface area (Å²) in [6.07, 6.45) is 2.16. The van der Waals surface area contributed by atoms with Crippen LogP contribution in [-0.2, 0) is 26.1 Å². The maximum atomic E-state index is 4.62. The van der Waals surface area contributed by atoms with Crippen LogP contribution in [0.4, 0.5) is 0 Å². The first-order chi connectivity index (χ1) is 13.7. The molecule has 2 aromatic heterocycles. The molecule has 1 aromatic carbocycles. The van der Waals surface area contributed by atoms with Gasteiger partial charge >= 0.3 is 0 Å². The topological polar surface area (TPSA) is 84.9 Å². The monoisotopic (exact) mass is 506 g/mol. The fraction of sp³-hybridized carbons (Fsp3) is 0.400. The van der Waals surface area contributed by atoms with Gasteiger partial charge in [0.05, 0.1) is 17.9 Å². The summed E-state index contributed by atoms with van der Waals surface area (Å²) < 4.78 is 4.18. The molecule has 1 aliphatic heterocycles. The molecule has 0 unspecified atom stereocenters. The molecule has 0 fully saturated rings. The van der Waals surface area contributed by atoms with Gasteiger partial charge in [-0.15, -0.1) is 34.2 Å². The first-order valence-electron chi connectivity index (χ1n) is 9.62. The molecular weight excluding hydrogens is 479 g/mol. The van der Waals surface area contributed by atoms with Crippen LogP contribution in [0.2, 0.25) is 0 Å². The van der Waals surface area contributed by atoms with Crippen LogP contribution in [0, 0.1) is 13.8 Å². The van der Waals surface area contributed by atoms with Crippen molar-refractivity contribution in [1.82, 2.24) is 35.2 Å². The predicted molar refractivity (Wildman–Crippen MR) is 124 cm³/mol. The lowest BCUT2D eigenvalue weighted by Crippen LogP contribution is -2.37. The number of aliphatic imine (C=N–C) groups is 1. The second-order valence-corrected chi connectivity index (χ2v) is 7.03. The molecule has 0 aliphatic carbocycles. The summed E-state index contributed by atoms with van der Waals surface area (Å²) in [5.74, 6) is 2.77. The second-order valence-electron chi connectivity index (χ2n) is 7.03. The fourth-order valence-electron chi connectivity index (χ4n) is 3.64. The summed E-state index contributed by atoms with van der Waals surface area (Å²) >= 11 is 0. The highest BCUT2D eigenvalue weighted by atomic mass is 127. The minimum atomic E-state index is 0. The summed E-state index contributed by atoms with van der Waals surface area (Å²) in [5, 5.41) is 19.9. The summed E-state index contributed by atoms with van der Waals surface area (Å²) in [5.41, 5.74) is 4.36. The van der Waals surface area contributed by atoms with Crippen LogP contribution < -0.4 is 10.6 Å². The van der Waals surface area contributed by atoms with Crippen molar-refractivity contribution in [2.24, 2.45) is 4.99 Å². The SMILES string of the molecule is CN=C(NCc1ccccc1-n1nc(C)cc1C)NCc1nnc2n1CCC2.I. The van der Waals surface area contributed by atoms with Crippen LogP contribution in [0.25, 0.3) is 5.69 Å². The summed E-state index contributed by atoms with van der Waals surface area (Å²) in [6, 6.07) is 10.4. The van der Waals surface area contributed by atoms with Crippen LogP contribution in [0.5, 0.6) is 0 Å². The number of nitrogens with zero attached hydrogens (tertiary/aromatic N) is 6. The second kappa shape index (κ2) is 9.38. The van der Waals surface area contributed by atoms with Crippen LogP contribution >= 0.6 is 24.0 Å². The Morgan fingerprint density at radius 3 is 2.69 bits per heavy atom. The van der Waals surface area contributed by atoms with Crippen molar-refractivity contribution in [3.8, 4) is 5.69 Å². The molecule has 2 N–H and O–H groups in total. The molecule has 0 radical (unpaired) electrons. The number of hydrogen-bond donors (Lipinski definition) is 2. The van der Waals surface area contributed by atoms with Gasteiger partial charge in [0.25, 0.3) is 0 Å². The highest BCUT2D eigenvalue weighted by Crippen LogP contribution is 2.17. The van der Waals surface area contributed by atoms with Crippen molar-refractivity contribution < 1.29 is 0 Å². The lowest BCUT2D eigenvalue weighted by Gasteiger charge is -2.15. The van der Waals surface area contributed by atoms with Gasteiger partial charge in [0.15, 0.2) is 11.8 Å². The van der Waals surface area contributed by atoms with Crippen molar-refractivity contribution in [3.63, 3.8) is 0 Å². The minimum Gasteiger partial charge on any atom is -0.352 e. The third-order valence-electron chi connectivity index (χ3n) is 5.00. The highest BCUT2D eigenvalue weighted by molar-refractivity contribution is 14.0. The number of benzene rings is 1. The molecule has 4 rings (SSSR count). The number of aromatic nitrogens is 5. The van der Waals surface area contributed by atoms with E-state index in [0.717, 1.165) is 59.6 Å². The van der Waals surface area contributed by atoms with Gasteiger partial charge in [-0.05, 0) is 38.0 Å². The van der Waals surface area contributed by atoms with E-state index in [1.807, 2.05) is 23.7 Å². The van der Waals surface area contributed by atoms with Crippen molar-refractivity contribution in [1.29, 1.82) is 0 Å². The molecular formula is C20H27IN8. The van der Waals surface area contributed by atoms with E-state index in [1.54, 1.807) is 7.05 Å². The lowest BCUT2D eigenvalue weighted by molar-refractivity contribution is 0.662. The quantitative estimate of drug-likeness (QED) is 0.316.